The SMILES string of the molecule is CCCNC(c1ccc(OC)c(OC)c1)c1ccncn1. The van der Waals surface area contributed by atoms with Crippen LogP contribution < -0.4 is 14.8 Å². The zero-order valence-electron chi connectivity index (χ0n) is 12.7. The number of rotatable bonds is 7. The van der Waals surface area contributed by atoms with Gasteiger partial charge >= 0.3 is 0 Å². The third-order valence-corrected chi connectivity index (χ3v) is 3.24. The number of nitrogens with zero attached hydrogens (tertiary/aromatic N) is 2. The molecular formula is C16H21N3O2. The Balaban J connectivity index is 2.36. The lowest BCUT2D eigenvalue weighted by molar-refractivity contribution is 0.354. The Labute approximate surface area is 125 Å². The monoisotopic (exact) mass is 287 g/mol. The molecule has 5 nitrogen and oxygen atoms in total. The average molecular weight is 287 g/mol. The first-order valence-corrected chi connectivity index (χ1v) is 7.01. The van der Waals surface area contributed by atoms with Gasteiger partial charge in [-0.25, -0.2) is 9.97 Å². The van der Waals surface area contributed by atoms with Crippen molar-refractivity contribution in [3.8, 4) is 11.5 Å². The number of aromatic nitrogens is 2. The minimum atomic E-state index is 0.00718. The van der Waals surface area contributed by atoms with E-state index in [4.69, 9.17) is 9.47 Å². The molecule has 0 spiro atoms. The summed E-state index contributed by atoms with van der Waals surface area (Å²) in [7, 11) is 3.27. The lowest BCUT2D eigenvalue weighted by Gasteiger charge is -2.19. The maximum Gasteiger partial charge on any atom is 0.161 e. The van der Waals surface area contributed by atoms with Crippen LogP contribution in [0.1, 0.15) is 30.6 Å². The van der Waals surface area contributed by atoms with Crippen LogP contribution in [0.4, 0.5) is 0 Å². The van der Waals surface area contributed by atoms with Crippen molar-refractivity contribution in [2.45, 2.75) is 19.4 Å². The third kappa shape index (κ3) is 3.70. The molecule has 1 aromatic heterocycles. The first-order valence-electron chi connectivity index (χ1n) is 7.01. The van der Waals surface area contributed by atoms with Gasteiger partial charge in [-0.15, -0.1) is 0 Å². The van der Waals surface area contributed by atoms with Gasteiger partial charge in [0, 0.05) is 6.20 Å². The van der Waals surface area contributed by atoms with E-state index in [0.29, 0.717) is 5.75 Å². The van der Waals surface area contributed by atoms with E-state index in [2.05, 4.69) is 22.2 Å². The average Bonchev–Trinajstić information content (AvgIpc) is 2.56. The van der Waals surface area contributed by atoms with E-state index in [-0.39, 0.29) is 6.04 Å². The van der Waals surface area contributed by atoms with Gasteiger partial charge in [0.15, 0.2) is 11.5 Å². The molecule has 0 amide bonds. The molecule has 0 aliphatic carbocycles. The van der Waals surface area contributed by atoms with Gasteiger partial charge < -0.3 is 14.8 Å². The van der Waals surface area contributed by atoms with Crippen molar-refractivity contribution in [3.05, 3.63) is 48.0 Å². The summed E-state index contributed by atoms with van der Waals surface area (Å²) in [6.45, 7) is 3.04. The van der Waals surface area contributed by atoms with Gasteiger partial charge in [-0.1, -0.05) is 13.0 Å². The fourth-order valence-electron chi connectivity index (χ4n) is 2.19. The molecule has 21 heavy (non-hydrogen) atoms. The summed E-state index contributed by atoms with van der Waals surface area (Å²) >= 11 is 0. The van der Waals surface area contributed by atoms with Crippen LogP contribution in [-0.4, -0.2) is 30.7 Å². The van der Waals surface area contributed by atoms with Crippen molar-refractivity contribution in [3.63, 3.8) is 0 Å². The minimum Gasteiger partial charge on any atom is -0.493 e. The van der Waals surface area contributed by atoms with Crippen LogP contribution in [0, 0.1) is 0 Å². The number of hydrogen-bond acceptors (Lipinski definition) is 5. The fourth-order valence-corrected chi connectivity index (χ4v) is 2.19. The Hall–Kier alpha value is -2.14. The summed E-state index contributed by atoms with van der Waals surface area (Å²) < 4.78 is 10.7. The van der Waals surface area contributed by atoms with Gasteiger partial charge in [0.05, 0.1) is 26.0 Å². The first-order chi connectivity index (χ1) is 10.3. The molecule has 0 fully saturated rings. The summed E-state index contributed by atoms with van der Waals surface area (Å²) in [6.07, 6.45) is 4.37. The van der Waals surface area contributed by atoms with E-state index in [9.17, 15) is 0 Å². The molecule has 0 saturated carbocycles. The van der Waals surface area contributed by atoms with E-state index in [1.807, 2.05) is 24.3 Å². The van der Waals surface area contributed by atoms with Gasteiger partial charge in [-0.3, -0.25) is 0 Å². The second kappa shape index (κ2) is 7.59. The van der Waals surface area contributed by atoms with Crippen LogP contribution in [-0.2, 0) is 0 Å². The second-order valence-corrected chi connectivity index (χ2v) is 4.64. The third-order valence-electron chi connectivity index (χ3n) is 3.24. The highest BCUT2D eigenvalue weighted by molar-refractivity contribution is 5.45. The second-order valence-electron chi connectivity index (χ2n) is 4.64. The van der Waals surface area contributed by atoms with E-state index in [0.717, 1.165) is 30.0 Å². The highest BCUT2D eigenvalue weighted by Crippen LogP contribution is 2.31. The Morgan fingerprint density at radius 1 is 1.14 bits per heavy atom. The van der Waals surface area contributed by atoms with Gasteiger partial charge in [-0.2, -0.15) is 0 Å². The van der Waals surface area contributed by atoms with Crippen LogP contribution in [0.2, 0.25) is 0 Å². The zero-order valence-corrected chi connectivity index (χ0v) is 12.7. The molecular weight excluding hydrogens is 266 g/mol. The van der Waals surface area contributed by atoms with E-state index in [1.165, 1.54) is 0 Å². The topological polar surface area (TPSA) is 56.3 Å². The number of hydrogen-bond donors (Lipinski definition) is 1. The van der Waals surface area contributed by atoms with Crippen molar-refractivity contribution in [1.29, 1.82) is 0 Å². The van der Waals surface area contributed by atoms with Crippen LogP contribution >= 0.6 is 0 Å². The summed E-state index contributed by atoms with van der Waals surface area (Å²) in [5, 5.41) is 3.50. The quantitative estimate of drug-likeness (QED) is 0.848. The van der Waals surface area contributed by atoms with E-state index >= 15 is 0 Å². The Morgan fingerprint density at radius 2 is 1.95 bits per heavy atom. The Morgan fingerprint density at radius 3 is 2.57 bits per heavy atom. The maximum absolute atomic E-state index is 5.38. The molecule has 2 rings (SSSR count). The molecule has 2 aromatic rings. The van der Waals surface area contributed by atoms with E-state index in [1.54, 1.807) is 26.7 Å². The van der Waals surface area contributed by atoms with Gasteiger partial charge in [0.2, 0.25) is 0 Å². The standard InChI is InChI=1S/C16H21N3O2/c1-4-8-18-16(13-7-9-17-11-19-13)12-5-6-14(20-2)15(10-12)21-3/h5-7,9-11,16,18H,4,8H2,1-3H3. The first kappa shape index (κ1) is 15.3. The van der Waals surface area contributed by atoms with Crippen LogP contribution in [0.3, 0.4) is 0 Å². The molecule has 0 radical (unpaired) electrons. The molecule has 1 heterocycles. The molecule has 1 unspecified atom stereocenters. The van der Waals surface area contributed by atoms with Crippen LogP contribution in [0.5, 0.6) is 11.5 Å². The molecule has 5 heteroatoms. The number of nitrogens with one attached hydrogen (secondary N) is 1. The zero-order chi connectivity index (χ0) is 15.1. The highest BCUT2D eigenvalue weighted by atomic mass is 16.5. The van der Waals surface area contributed by atoms with Crippen LogP contribution in [0.15, 0.2) is 36.8 Å². The lowest BCUT2D eigenvalue weighted by Crippen LogP contribution is -2.24. The molecule has 0 aliphatic rings. The van der Waals surface area contributed by atoms with Crippen molar-refractivity contribution in [1.82, 2.24) is 15.3 Å². The minimum absolute atomic E-state index is 0.00718. The highest BCUT2D eigenvalue weighted by Gasteiger charge is 2.16. The fraction of sp³-hybridized carbons (Fsp3) is 0.375. The smallest absolute Gasteiger partial charge is 0.161 e. The van der Waals surface area contributed by atoms with Gasteiger partial charge in [-0.05, 0) is 36.7 Å². The molecule has 1 aromatic carbocycles. The largest absolute Gasteiger partial charge is 0.493 e. The van der Waals surface area contributed by atoms with E-state index < -0.39 is 0 Å². The molecule has 112 valence electrons. The summed E-state index contributed by atoms with van der Waals surface area (Å²) in [6, 6.07) is 7.85. The molecule has 0 aliphatic heterocycles. The van der Waals surface area contributed by atoms with Gasteiger partial charge in [0.25, 0.3) is 0 Å². The number of benzene rings is 1. The van der Waals surface area contributed by atoms with Crippen LogP contribution in [0.25, 0.3) is 0 Å². The van der Waals surface area contributed by atoms with Crippen molar-refractivity contribution >= 4 is 0 Å². The van der Waals surface area contributed by atoms with Gasteiger partial charge in [0.1, 0.15) is 6.33 Å². The maximum atomic E-state index is 5.38. The van der Waals surface area contributed by atoms with Crippen molar-refractivity contribution < 1.29 is 9.47 Å². The summed E-state index contributed by atoms with van der Waals surface area (Å²) in [4.78, 5) is 8.34. The predicted molar refractivity (Wildman–Crippen MR) is 81.7 cm³/mol. The molecule has 0 bridgehead atoms. The number of methoxy groups -OCH3 is 2. The normalized spacial score (nSPS) is 12.0. The lowest BCUT2D eigenvalue weighted by atomic mass is 10.0. The summed E-state index contributed by atoms with van der Waals surface area (Å²) in [5.41, 5.74) is 2.02. The Kier molecular flexibility index (Phi) is 5.51. The van der Waals surface area contributed by atoms with Crippen molar-refractivity contribution in [2.75, 3.05) is 20.8 Å². The number of ether oxygens (including phenoxy) is 2. The summed E-state index contributed by atoms with van der Waals surface area (Å²) in [5.74, 6) is 1.44. The van der Waals surface area contributed by atoms with Crippen molar-refractivity contribution in [2.24, 2.45) is 0 Å². The Bertz CT molecular complexity index is 561. The molecule has 0 saturated heterocycles. The molecule has 1 N–H and O–H groups in total. The predicted octanol–water partition coefficient (Wildman–Crippen LogP) is 2.58. The molecule has 1 atom stereocenters.